The van der Waals surface area contributed by atoms with Gasteiger partial charge in [0.2, 0.25) is 5.91 Å². The molecule has 4 aliphatic rings. The average Bonchev–Trinajstić information content (AvgIpc) is 3.14. The molecule has 5 heterocycles. The number of nitrogens with zero attached hydrogens (tertiary/aromatic N) is 8. The Morgan fingerprint density at radius 3 is 2.39 bits per heavy atom. The number of halogens is 1. The average molecular weight is 743 g/mol. The molecule has 0 unspecified atom stereocenters. The Balaban J connectivity index is 0.842. The zero-order valence-corrected chi connectivity index (χ0v) is 31.5. The molecule has 3 amide bonds. The summed E-state index contributed by atoms with van der Waals surface area (Å²) in [6.45, 7) is 13.6. The number of anilines is 1. The van der Waals surface area contributed by atoms with Crippen LogP contribution in [0.5, 0.6) is 11.6 Å². The highest BCUT2D eigenvalue weighted by Crippen LogP contribution is 2.44. The van der Waals surface area contributed by atoms with Crippen LogP contribution in [0, 0.1) is 23.1 Å². The van der Waals surface area contributed by atoms with E-state index in [1.165, 1.54) is 24.5 Å². The molecule has 0 N–H and O–H groups in total. The largest absolute Gasteiger partial charge is 0.445 e. The van der Waals surface area contributed by atoms with E-state index in [2.05, 4.69) is 25.0 Å². The number of ether oxygens (including phenoxy) is 2. The molecule has 0 bridgehead atoms. The van der Waals surface area contributed by atoms with Crippen LogP contribution in [-0.2, 0) is 16.1 Å². The molecule has 0 radical (unpaired) electrons. The van der Waals surface area contributed by atoms with Crippen molar-refractivity contribution in [2.24, 2.45) is 17.3 Å². The molecular formula is C40H51FN8O5. The van der Waals surface area contributed by atoms with Gasteiger partial charge >= 0.3 is 6.09 Å². The third kappa shape index (κ3) is 8.28. The number of likely N-dealkylation sites (tertiary alicyclic amines) is 3. The number of piperidine rings is 2. The summed E-state index contributed by atoms with van der Waals surface area (Å²) < 4.78 is 25.9. The van der Waals surface area contributed by atoms with E-state index in [1.54, 1.807) is 9.80 Å². The molecule has 0 atom stereocenters. The lowest BCUT2D eigenvalue weighted by Crippen LogP contribution is -2.61. The van der Waals surface area contributed by atoms with Crippen molar-refractivity contribution in [1.82, 2.24) is 34.8 Å². The Hall–Kier alpha value is -4.85. The van der Waals surface area contributed by atoms with E-state index in [4.69, 9.17) is 9.47 Å². The van der Waals surface area contributed by atoms with Crippen LogP contribution in [0.3, 0.4) is 0 Å². The highest BCUT2D eigenvalue weighted by molar-refractivity contribution is 5.97. The first-order chi connectivity index (χ1) is 26.1. The summed E-state index contributed by atoms with van der Waals surface area (Å²) in [6.07, 6.45) is 5.19. The summed E-state index contributed by atoms with van der Waals surface area (Å²) in [7, 11) is 0. The van der Waals surface area contributed by atoms with Crippen molar-refractivity contribution in [3.63, 3.8) is 0 Å². The first-order valence-electron chi connectivity index (χ1n) is 19.3. The zero-order chi connectivity index (χ0) is 37.8. The van der Waals surface area contributed by atoms with Gasteiger partial charge in [0.1, 0.15) is 24.5 Å². The van der Waals surface area contributed by atoms with Crippen molar-refractivity contribution >= 4 is 23.7 Å². The molecule has 0 saturated carbocycles. The summed E-state index contributed by atoms with van der Waals surface area (Å²) in [5.74, 6) is 0.726. The first-order valence-corrected chi connectivity index (χ1v) is 19.3. The number of rotatable bonds is 11. The Bertz CT molecular complexity index is 1780. The van der Waals surface area contributed by atoms with Gasteiger partial charge in [0, 0.05) is 63.8 Å². The van der Waals surface area contributed by atoms with Gasteiger partial charge in [0.05, 0.1) is 11.5 Å². The second kappa shape index (κ2) is 16.3. The fourth-order valence-electron chi connectivity index (χ4n) is 8.30. The summed E-state index contributed by atoms with van der Waals surface area (Å²) in [6, 6.07) is 13.5. The molecule has 288 valence electrons. The molecule has 4 saturated heterocycles. The van der Waals surface area contributed by atoms with Crippen LogP contribution < -0.4 is 9.64 Å². The van der Waals surface area contributed by atoms with Gasteiger partial charge in [-0.05, 0) is 89.2 Å². The lowest BCUT2D eigenvalue weighted by atomic mass is 9.72. The third-order valence-electron chi connectivity index (χ3n) is 11.6. The summed E-state index contributed by atoms with van der Waals surface area (Å²) in [5, 5.41) is 8.17. The summed E-state index contributed by atoms with van der Waals surface area (Å²) in [5.41, 5.74) is 1.27. The van der Waals surface area contributed by atoms with Crippen molar-refractivity contribution in [1.29, 1.82) is 0 Å². The zero-order valence-electron chi connectivity index (χ0n) is 31.5. The molecular weight excluding hydrogens is 691 g/mol. The summed E-state index contributed by atoms with van der Waals surface area (Å²) >= 11 is 0. The monoisotopic (exact) mass is 742 g/mol. The molecule has 4 aliphatic heterocycles. The number of hydrogen-bond donors (Lipinski definition) is 0. The van der Waals surface area contributed by atoms with Crippen LogP contribution in [0.1, 0.15) is 62.4 Å². The first kappa shape index (κ1) is 37.5. The fourth-order valence-corrected chi connectivity index (χ4v) is 8.30. The number of benzene rings is 2. The second-order valence-electron chi connectivity index (χ2n) is 15.6. The molecule has 3 aromatic rings. The number of carbonyl (C=O) groups is 3. The second-order valence-corrected chi connectivity index (χ2v) is 15.6. The quantitative estimate of drug-likeness (QED) is 0.263. The normalized spacial score (nSPS) is 19.0. The molecule has 54 heavy (non-hydrogen) atoms. The lowest BCUT2D eigenvalue weighted by molar-refractivity contribution is -0.141. The summed E-state index contributed by atoms with van der Waals surface area (Å²) in [4.78, 5) is 53.4. The maximum Gasteiger partial charge on any atom is 0.410 e. The molecule has 1 spiro atoms. The van der Waals surface area contributed by atoms with Gasteiger partial charge in [-0.1, -0.05) is 30.3 Å². The van der Waals surface area contributed by atoms with Gasteiger partial charge in [-0.3, -0.25) is 9.59 Å². The topological polar surface area (TPSA) is 125 Å². The fraction of sp³-hybridized carbons (Fsp3) is 0.550. The maximum absolute atomic E-state index is 14.3. The van der Waals surface area contributed by atoms with Crippen LogP contribution in [0.4, 0.5) is 15.0 Å². The maximum atomic E-state index is 14.3. The highest BCUT2D eigenvalue weighted by Gasteiger charge is 2.47. The molecule has 13 nitrogen and oxygen atoms in total. The van der Waals surface area contributed by atoms with Gasteiger partial charge in [0.15, 0.2) is 5.82 Å². The van der Waals surface area contributed by atoms with Crippen molar-refractivity contribution in [3.05, 3.63) is 71.8 Å². The molecule has 2 aromatic carbocycles. The van der Waals surface area contributed by atoms with Gasteiger partial charge in [-0.15, -0.1) is 10.2 Å². The van der Waals surface area contributed by atoms with Gasteiger partial charge in [-0.2, -0.15) is 0 Å². The molecule has 14 heteroatoms. The van der Waals surface area contributed by atoms with Crippen LogP contribution in [0.15, 0.2) is 54.9 Å². The number of aromatic nitrogens is 3. The van der Waals surface area contributed by atoms with Gasteiger partial charge < -0.3 is 34.0 Å². The van der Waals surface area contributed by atoms with Crippen molar-refractivity contribution in [3.8, 4) is 11.6 Å². The predicted molar refractivity (Wildman–Crippen MR) is 199 cm³/mol. The van der Waals surface area contributed by atoms with Gasteiger partial charge in [0.25, 0.3) is 11.8 Å². The SMILES string of the molecule is CCN(C(=O)c1cc(F)ccc1Oc1nncnc1N1CC2(CCN(CC3CCN(C(=O)C4CN(C(=O)OCc5ccccc5)C4)CC3)CC2)C1)C(C)C. The third-order valence-corrected chi connectivity index (χ3v) is 11.6. The van der Waals surface area contributed by atoms with Crippen molar-refractivity contribution in [2.75, 3.05) is 70.3 Å². The molecule has 4 fully saturated rings. The van der Waals surface area contributed by atoms with Crippen LogP contribution in [0.25, 0.3) is 0 Å². The Morgan fingerprint density at radius 1 is 0.981 bits per heavy atom. The van der Waals surface area contributed by atoms with E-state index in [1.807, 2.05) is 56.0 Å². The molecule has 7 rings (SSSR count). The van der Waals surface area contributed by atoms with Crippen LogP contribution >= 0.6 is 0 Å². The number of carbonyl (C=O) groups excluding carboxylic acids is 3. The van der Waals surface area contributed by atoms with E-state index < -0.39 is 5.82 Å². The van der Waals surface area contributed by atoms with Gasteiger partial charge in [-0.25, -0.2) is 14.2 Å². The van der Waals surface area contributed by atoms with Crippen LogP contribution in [0.2, 0.25) is 0 Å². The van der Waals surface area contributed by atoms with E-state index in [-0.39, 0.29) is 59.1 Å². The highest BCUT2D eigenvalue weighted by atomic mass is 19.1. The Morgan fingerprint density at radius 2 is 1.70 bits per heavy atom. The Kier molecular flexibility index (Phi) is 11.3. The van der Waals surface area contributed by atoms with Crippen LogP contribution in [-0.4, -0.2) is 124 Å². The minimum atomic E-state index is -0.517. The van der Waals surface area contributed by atoms with E-state index >= 15 is 0 Å². The van der Waals surface area contributed by atoms with Crippen molar-refractivity contribution in [2.45, 2.75) is 59.1 Å². The molecule has 1 aromatic heterocycles. The van der Waals surface area contributed by atoms with E-state index in [0.29, 0.717) is 31.4 Å². The predicted octanol–water partition coefficient (Wildman–Crippen LogP) is 5.08. The number of hydrogen-bond acceptors (Lipinski definition) is 10. The van der Waals surface area contributed by atoms with Crippen molar-refractivity contribution < 1.29 is 28.2 Å². The smallest absolute Gasteiger partial charge is 0.410 e. The van der Waals surface area contributed by atoms with E-state index in [9.17, 15) is 18.8 Å². The molecule has 0 aliphatic carbocycles. The standard InChI is InChI=1S/C40H51FN8O5/c1-4-49(28(2)3)38(51)33-20-32(41)10-11-34(33)54-36-35(42-27-43-44-36)48-25-40(26-48)14-18-45(19-15-40)21-29-12-16-46(17-13-29)37(50)31-22-47(23-31)39(52)53-24-30-8-6-5-7-9-30/h5-11,20,27-29,31H,4,12-19,21-26H2,1-3H3. The minimum Gasteiger partial charge on any atom is -0.445 e. The minimum absolute atomic E-state index is 0.0592. The Labute approximate surface area is 316 Å². The lowest BCUT2D eigenvalue weighted by Gasteiger charge is -2.54. The van der Waals surface area contributed by atoms with E-state index in [0.717, 1.165) is 77.1 Å². The number of amides is 3.